The van der Waals surface area contributed by atoms with Crippen molar-refractivity contribution in [3.8, 4) is 28.5 Å². The van der Waals surface area contributed by atoms with Crippen LogP contribution >= 0.6 is 0 Å². The lowest BCUT2D eigenvalue weighted by molar-refractivity contribution is 0.188. The molecule has 0 amide bonds. The molecule has 0 spiro atoms. The number of nitrogens with one attached hydrogen (secondary N) is 1. The molecule has 0 unspecified atom stereocenters. The van der Waals surface area contributed by atoms with Crippen LogP contribution in [0, 0.1) is 0 Å². The number of ether oxygens (including phenoxy) is 3. The lowest BCUT2D eigenvalue weighted by Gasteiger charge is -2.35. The standard InChI is InChI=1S/C24H30N6O4/c1-32-20-14-18(15-21(33-2)23(20)34-3)27-24-25-7-6-19(28-24)17-4-5-22(26-16-17)30-10-8-29(9-11-30)12-13-31/h4-7,14-16,31H,8-13H2,1-3H3,(H,25,27,28). The number of piperazine rings is 1. The third kappa shape index (κ3) is 5.29. The van der Waals surface area contributed by atoms with Gasteiger partial charge in [-0.2, -0.15) is 0 Å². The predicted octanol–water partition coefficient (Wildman–Crippen LogP) is 2.42. The average molecular weight is 467 g/mol. The van der Waals surface area contributed by atoms with Crippen molar-refractivity contribution in [2.45, 2.75) is 0 Å². The molecule has 4 rings (SSSR count). The highest BCUT2D eigenvalue weighted by atomic mass is 16.5. The molecule has 0 bridgehead atoms. The van der Waals surface area contributed by atoms with Crippen LogP contribution in [-0.4, -0.2) is 85.6 Å². The Morgan fingerprint density at radius 2 is 1.68 bits per heavy atom. The number of methoxy groups -OCH3 is 3. The third-order valence-corrected chi connectivity index (χ3v) is 5.73. The van der Waals surface area contributed by atoms with Gasteiger partial charge in [0, 0.05) is 68.5 Å². The van der Waals surface area contributed by atoms with E-state index in [0.717, 1.165) is 49.8 Å². The minimum atomic E-state index is 0.197. The molecule has 1 fully saturated rings. The highest BCUT2D eigenvalue weighted by molar-refractivity contribution is 5.67. The van der Waals surface area contributed by atoms with Crippen LogP contribution in [0.25, 0.3) is 11.3 Å². The number of aliphatic hydroxyl groups is 1. The SMILES string of the molecule is COc1cc(Nc2nccc(-c3ccc(N4CCN(CCO)CC4)nc3)n2)cc(OC)c1OC. The molecule has 180 valence electrons. The first-order valence-electron chi connectivity index (χ1n) is 11.1. The molecule has 2 N–H and O–H groups in total. The summed E-state index contributed by atoms with van der Waals surface area (Å²) in [5.41, 5.74) is 2.37. The first kappa shape index (κ1) is 23.5. The van der Waals surface area contributed by atoms with Gasteiger partial charge in [0.1, 0.15) is 5.82 Å². The van der Waals surface area contributed by atoms with Gasteiger partial charge in [-0.15, -0.1) is 0 Å². The summed E-state index contributed by atoms with van der Waals surface area (Å²) in [5.74, 6) is 2.98. The van der Waals surface area contributed by atoms with Crippen molar-refractivity contribution in [2.24, 2.45) is 0 Å². The second-order valence-electron chi connectivity index (χ2n) is 7.76. The van der Waals surface area contributed by atoms with Crippen molar-refractivity contribution < 1.29 is 19.3 Å². The van der Waals surface area contributed by atoms with Crippen LogP contribution in [0.2, 0.25) is 0 Å². The molecule has 1 aliphatic heterocycles. The van der Waals surface area contributed by atoms with Crippen molar-refractivity contribution in [1.82, 2.24) is 19.9 Å². The van der Waals surface area contributed by atoms with Gasteiger partial charge in [0.05, 0.1) is 33.6 Å². The van der Waals surface area contributed by atoms with Crippen molar-refractivity contribution in [3.63, 3.8) is 0 Å². The Bertz CT molecular complexity index is 1060. The molecule has 3 heterocycles. The molecule has 2 aromatic heterocycles. The highest BCUT2D eigenvalue weighted by Crippen LogP contribution is 2.40. The normalized spacial score (nSPS) is 14.1. The van der Waals surface area contributed by atoms with Crippen LogP contribution in [0.15, 0.2) is 42.7 Å². The smallest absolute Gasteiger partial charge is 0.227 e. The number of pyridine rings is 1. The number of aliphatic hydroxyl groups excluding tert-OH is 1. The zero-order valence-electron chi connectivity index (χ0n) is 19.7. The maximum atomic E-state index is 9.11. The van der Waals surface area contributed by atoms with Crippen LogP contribution in [0.3, 0.4) is 0 Å². The zero-order chi connectivity index (χ0) is 23.9. The molecule has 1 aliphatic rings. The molecule has 0 atom stereocenters. The van der Waals surface area contributed by atoms with Gasteiger partial charge in [-0.05, 0) is 18.2 Å². The molecule has 10 heteroatoms. The number of nitrogens with zero attached hydrogens (tertiary/aromatic N) is 5. The van der Waals surface area contributed by atoms with Gasteiger partial charge in [0.15, 0.2) is 11.5 Å². The van der Waals surface area contributed by atoms with Crippen molar-refractivity contribution >= 4 is 17.5 Å². The summed E-state index contributed by atoms with van der Waals surface area (Å²) in [5, 5.41) is 12.3. The van der Waals surface area contributed by atoms with Gasteiger partial charge in [0.2, 0.25) is 11.7 Å². The van der Waals surface area contributed by atoms with Crippen molar-refractivity contribution in [3.05, 3.63) is 42.7 Å². The van der Waals surface area contributed by atoms with Gasteiger partial charge >= 0.3 is 0 Å². The summed E-state index contributed by atoms with van der Waals surface area (Å²) < 4.78 is 16.2. The van der Waals surface area contributed by atoms with E-state index >= 15 is 0 Å². The molecule has 1 aromatic carbocycles. The lowest BCUT2D eigenvalue weighted by Crippen LogP contribution is -2.47. The minimum Gasteiger partial charge on any atom is -0.493 e. The van der Waals surface area contributed by atoms with E-state index in [1.165, 1.54) is 0 Å². The lowest BCUT2D eigenvalue weighted by atomic mass is 10.2. The third-order valence-electron chi connectivity index (χ3n) is 5.73. The fraction of sp³-hybridized carbons (Fsp3) is 0.375. The van der Waals surface area contributed by atoms with Gasteiger partial charge < -0.3 is 29.5 Å². The van der Waals surface area contributed by atoms with Gasteiger partial charge in [0.25, 0.3) is 0 Å². The van der Waals surface area contributed by atoms with Crippen molar-refractivity contribution in [1.29, 1.82) is 0 Å². The predicted molar refractivity (Wildman–Crippen MR) is 130 cm³/mol. The van der Waals surface area contributed by atoms with Gasteiger partial charge in [-0.3, -0.25) is 4.90 Å². The summed E-state index contributed by atoms with van der Waals surface area (Å²) >= 11 is 0. The maximum Gasteiger partial charge on any atom is 0.227 e. The first-order chi connectivity index (χ1) is 16.6. The Hall–Kier alpha value is -3.63. The second kappa shape index (κ2) is 11.0. The van der Waals surface area contributed by atoms with Gasteiger partial charge in [-0.1, -0.05) is 0 Å². The number of hydrogen-bond donors (Lipinski definition) is 2. The van der Waals surface area contributed by atoms with E-state index in [1.807, 2.05) is 24.4 Å². The van der Waals surface area contributed by atoms with E-state index in [2.05, 4.69) is 30.1 Å². The zero-order valence-corrected chi connectivity index (χ0v) is 19.7. The monoisotopic (exact) mass is 466 g/mol. The first-order valence-corrected chi connectivity index (χ1v) is 11.1. The minimum absolute atomic E-state index is 0.197. The van der Waals surface area contributed by atoms with Crippen LogP contribution in [0.4, 0.5) is 17.5 Å². The van der Waals surface area contributed by atoms with E-state index in [0.29, 0.717) is 28.9 Å². The topological polar surface area (TPSA) is 105 Å². The Morgan fingerprint density at radius 1 is 0.941 bits per heavy atom. The molecular formula is C24H30N6O4. The summed E-state index contributed by atoms with van der Waals surface area (Å²) in [6.07, 6.45) is 3.54. The number of anilines is 3. The fourth-order valence-electron chi connectivity index (χ4n) is 3.93. The van der Waals surface area contributed by atoms with Gasteiger partial charge in [-0.25, -0.2) is 15.0 Å². The van der Waals surface area contributed by atoms with Crippen molar-refractivity contribution in [2.75, 3.05) is 70.9 Å². The average Bonchev–Trinajstić information content (AvgIpc) is 2.89. The summed E-state index contributed by atoms with van der Waals surface area (Å²) in [7, 11) is 4.71. The second-order valence-corrected chi connectivity index (χ2v) is 7.76. The Labute approximate surface area is 199 Å². The Balaban J connectivity index is 1.48. The van der Waals surface area contributed by atoms with E-state index in [1.54, 1.807) is 39.7 Å². The quantitative estimate of drug-likeness (QED) is 0.488. The molecule has 3 aromatic rings. The number of benzene rings is 1. The van der Waals surface area contributed by atoms with Crippen LogP contribution in [0.5, 0.6) is 17.2 Å². The largest absolute Gasteiger partial charge is 0.493 e. The van der Waals surface area contributed by atoms with E-state index < -0.39 is 0 Å². The Kier molecular flexibility index (Phi) is 7.61. The number of β-amino-alcohol motifs (C(OH)–C–C–N with tert-alkyl or cyclic N) is 1. The summed E-state index contributed by atoms with van der Waals surface area (Å²) in [4.78, 5) is 18.2. The number of aromatic nitrogens is 3. The Morgan fingerprint density at radius 3 is 2.26 bits per heavy atom. The summed E-state index contributed by atoms with van der Waals surface area (Å²) in [6.45, 7) is 4.55. The van der Waals surface area contributed by atoms with Crippen LogP contribution in [0.1, 0.15) is 0 Å². The molecule has 1 saturated heterocycles. The molecule has 0 radical (unpaired) electrons. The fourth-order valence-corrected chi connectivity index (χ4v) is 3.93. The van der Waals surface area contributed by atoms with E-state index in [-0.39, 0.29) is 6.61 Å². The summed E-state index contributed by atoms with van der Waals surface area (Å²) in [6, 6.07) is 9.49. The molecule has 10 nitrogen and oxygen atoms in total. The maximum absolute atomic E-state index is 9.11. The molecular weight excluding hydrogens is 436 g/mol. The van der Waals surface area contributed by atoms with E-state index in [4.69, 9.17) is 19.3 Å². The number of rotatable bonds is 9. The molecule has 34 heavy (non-hydrogen) atoms. The van der Waals surface area contributed by atoms with E-state index in [9.17, 15) is 0 Å². The highest BCUT2D eigenvalue weighted by Gasteiger charge is 2.18. The van der Waals surface area contributed by atoms with Crippen LogP contribution < -0.4 is 24.4 Å². The molecule has 0 saturated carbocycles. The number of hydrogen-bond acceptors (Lipinski definition) is 10. The molecule has 0 aliphatic carbocycles. The van der Waals surface area contributed by atoms with Crippen LogP contribution in [-0.2, 0) is 0 Å².